The first-order chi connectivity index (χ1) is 19.7. The molecular weight excluding hydrogens is 512 g/mol. The summed E-state index contributed by atoms with van der Waals surface area (Å²) in [6.45, 7) is 10.6. The van der Waals surface area contributed by atoms with Crippen LogP contribution in [0.5, 0.6) is 23.0 Å². The summed E-state index contributed by atoms with van der Waals surface area (Å²) in [5.41, 5.74) is 1.05. The molecule has 0 aromatic heterocycles. The van der Waals surface area contributed by atoms with E-state index >= 15 is 0 Å². The van der Waals surface area contributed by atoms with Gasteiger partial charge in [-0.2, -0.15) is 10.2 Å². The summed E-state index contributed by atoms with van der Waals surface area (Å²) in [5, 5.41) is 28.7. The molecule has 0 bridgehead atoms. The Morgan fingerprint density at radius 1 is 0.650 bits per heavy atom. The second-order valence-electron chi connectivity index (χ2n) is 9.95. The number of hydrogen-bond acceptors (Lipinski definition) is 10. The highest BCUT2D eigenvalue weighted by Gasteiger charge is 2.10. The van der Waals surface area contributed by atoms with Gasteiger partial charge in [-0.05, 0) is 63.0 Å². The van der Waals surface area contributed by atoms with Gasteiger partial charge in [-0.3, -0.25) is 9.80 Å². The molecule has 2 N–H and O–H groups in total. The summed E-state index contributed by atoms with van der Waals surface area (Å²) in [7, 11) is 0. The smallest absolute Gasteiger partial charge is 0.128 e. The Morgan fingerprint density at radius 3 is 1.48 bits per heavy atom. The summed E-state index contributed by atoms with van der Waals surface area (Å²) in [4.78, 5) is 4.82. The van der Waals surface area contributed by atoms with Crippen LogP contribution in [-0.4, -0.2) is 111 Å². The first-order valence-corrected chi connectivity index (χ1v) is 14.3. The minimum Gasteiger partial charge on any atom is -0.507 e. The second-order valence-corrected chi connectivity index (χ2v) is 9.95. The van der Waals surface area contributed by atoms with E-state index in [0.717, 1.165) is 91.4 Å². The van der Waals surface area contributed by atoms with Crippen molar-refractivity contribution in [3.05, 3.63) is 47.5 Å². The van der Waals surface area contributed by atoms with E-state index in [1.807, 2.05) is 0 Å². The summed E-state index contributed by atoms with van der Waals surface area (Å²) in [6.07, 6.45) is 6.95. The van der Waals surface area contributed by atoms with Crippen molar-refractivity contribution >= 4 is 12.4 Å². The van der Waals surface area contributed by atoms with Gasteiger partial charge in [0.05, 0.1) is 52.1 Å². The molecule has 0 radical (unpaired) electrons. The number of rotatable bonds is 15. The minimum atomic E-state index is 0.0686. The molecule has 2 aliphatic rings. The van der Waals surface area contributed by atoms with Gasteiger partial charge in [-0.15, -0.1) is 0 Å². The van der Waals surface area contributed by atoms with E-state index in [2.05, 4.69) is 20.0 Å². The number of morpholine rings is 2. The van der Waals surface area contributed by atoms with Crippen molar-refractivity contribution in [3.63, 3.8) is 0 Å². The van der Waals surface area contributed by atoms with Gasteiger partial charge in [0.1, 0.15) is 23.0 Å². The molecule has 2 saturated heterocycles. The molecule has 2 aromatic rings. The van der Waals surface area contributed by atoms with Gasteiger partial charge >= 0.3 is 0 Å². The number of hydrogen-bond donors (Lipinski definition) is 2. The van der Waals surface area contributed by atoms with Crippen LogP contribution in [0.4, 0.5) is 0 Å². The van der Waals surface area contributed by atoms with E-state index in [9.17, 15) is 10.2 Å². The molecule has 0 spiro atoms. The molecule has 10 heteroatoms. The lowest BCUT2D eigenvalue weighted by Crippen LogP contribution is -2.36. The Hall–Kier alpha value is -3.18. The fraction of sp³-hybridized carbons (Fsp3) is 0.533. The van der Waals surface area contributed by atoms with Gasteiger partial charge in [0.15, 0.2) is 0 Å². The lowest BCUT2D eigenvalue weighted by atomic mass is 10.2. The lowest BCUT2D eigenvalue weighted by molar-refractivity contribution is 0.0367. The van der Waals surface area contributed by atoms with Crippen LogP contribution in [0.3, 0.4) is 0 Å². The molecule has 4 rings (SSSR count). The van der Waals surface area contributed by atoms with E-state index in [4.69, 9.17) is 18.9 Å². The largest absolute Gasteiger partial charge is 0.507 e. The zero-order valence-corrected chi connectivity index (χ0v) is 23.2. The predicted octanol–water partition coefficient (Wildman–Crippen LogP) is 3.53. The number of nitrogens with zero attached hydrogens (tertiary/aromatic N) is 4. The molecule has 2 fully saturated rings. The number of unbranched alkanes of at least 4 members (excludes halogenated alkanes) is 2. The molecule has 2 aliphatic heterocycles. The van der Waals surface area contributed by atoms with E-state index in [0.29, 0.717) is 35.8 Å². The average Bonchev–Trinajstić information content (AvgIpc) is 2.98. The van der Waals surface area contributed by atoms with Gasteiger partial charge in [0.25, 0.3) is 0 Å². The number of phenolic OH excluding ortho intramolecular Hbond substituents is 2. The summed E-state index contributed by atoms with van der Waals surface area (Å²) in [5.74, 6) is 1.38. The topological polar surface area (TPSA) is 109 Å². The Balaban J connectivity index is 1.13. The van der Waals surface area contributed by atoms with Crippen molar-refractivity contribution in [3.8, 4) is 23.0 Å². The van der Waals surface area contributed by atoms with Crippen LogP contribution in [0.15, 0.2) is 46.6 Å². The first kappa shape index (κ1) is 29.8. The SMILES string of the molecule is Oc1cc(OCCCCN2CCOCC2)ccc1C=N/N=C/c1ccc(OCCCCN2CCOCC2)cc1O. The molecule has 40 heavy (non-hydrogen) atoms. The van der Waals surface area contributed by atoms with E-state index in [-0.39, 0.29) is 11.5 Å². The molecule has 10 nitrogen and oxygen atoms in total. The van der Waals surface area contributed by atoms with E-state index < -0.39 is 0 Å². The van der Waals surface area contributed by atoms with Crippen LogP contribution in [0.1, 0.15) is 36.8 Å². The highest BCUT2D eigenvalue weighted by Crippen LogP contribution is 2.24. The number of benzene rings is 2. The molecule has 0 saturated carbocycles. The fourth-order valence-electron chi connectivity index (χ4n) is 4.54. The van der Waals surface area contributed by atoms with Crippen molar-refractivity contribution in [2.24, 2.45) is 10.2 Å². The molecular formula is C30H42N4O6. The predicted molar refractivity (Wildman–Crippen MR) is 155 cm³/mol. The van der Waals surface area contributed by atoms with Gasteiger partial charge < -0.3 is 29.2 Å². The number of ether oxygens (including phenoxy) is 4. The lowest BCUT2D eigenvalue weighted by Gasteiger charge is -2.26. The summed E-state index contributed by atoms with van der Waals surface area (Å²) in [6, 6.07) is 10.3. The highest BCUT2D eigenvalue weighted by atomic mass is 16.5. The minimum absolute atomic E-state index is 0.0686. The van der Waals surface area contributed by atoms with Crippen molar-refractivity contribution in [1.29, 1.82) is 0 Å². The Labute approximate surface area is 236 Å². The third kappa shape index (κ3) is 10.4. The maximum Gasteiger partial charge on any atom is 0.128 e. The molecule has 0 aliphatic carbocycles. The van der Waals surface area contributed by atoms with Crippen LogP contribution in [0.2, 0.25) is 0 Å². The standard InChI is InChI=1S/C30H42N4O6/c35-29-21-27(39-15-3-1-9-33-11-17-37-18-12-33)7-5-25(29)23-31-32-24-26-6-8-28(22-30(26)36)40-16-4-2-10-34-13-19-38-20-14-34/h5-8,21-24,35-36H,1-4,9-20H2/b31-23+,32-24?. The van der Waals surface area contributed by atoms with Crippen LogP contribution in [-0.2, 0) is 9.47 Å². The monoisotopic (exact) mass is 554 g/mol. The molecule has 218 valence electrons. The second kappa shape index (κ2) is 16.8. The van der Waals surface area contributed by atoms with Crippen LogP contribution in [0, 0.1) is 0 Å². The molecule has 0 amide bonds. The van der Waals surface area contributed by atoms with Gasteiger partial charge in [-0.1, -0.05) is 0 Å². The molecule has 2 heterocycles. The quantitative estimate of drug-likeness (QED) is 0.196. The Kier molecular flexibility index (Phi) is 12.5. The highest BCUT2D eigenvalue weighted by molar-refractivity contribution is 5.86. The first-order valence-electron chi connectivity index (χ1n) is 14.3. The van der Waals surface area contributed by atoms with Crippen LogP contribution >= 0.6 is 0 Å². The van der Waals surface area contributed by atoms with Gasteiger partial charge in [0.2, 0.25) is 0 Å². The third-order valence-corrected chi connectivity index (χ3v) is 6.95. The van der Waals surface area contributed by atoms with Crippen molar-refractivity contribution in [1.82, 2.24) is 9.80 Å². The maximum absolute atomic E-state index is 10.3. The number of phenols is 2. The summed E-state index contributed by atoms with van der Waals surface area (Å²) >= 11 is 0. The Bertz CT molecular complexity index is 998. The molecule has 2 aromatic carbocycles. The fourth-order valence-corrected chi connectivity index (χ4v) is 4.54. The normalized spacial score (nSPS) is 17.1. The van der Waals surface area contributed by atoms with Gasteiger partial charge in [-0.25, -0.2) is 0 Å². The van der Waals surface area contributed by atoms with Crippen LogP contribution in [0.25, 0.3) is 0 Å². The zero-order valence-electron chi connectivity index (χ0n) is 23.2. The van der Waals surface area contributed by atoms with Crippen molar-refractivity contribution < 1.29 is 29.2 Å². The van der Waals surface area contributed by atoms with Crippen molar-refractivity contribution in [2.75, 3.05) is 78.9 Å². The third-order valence-electron chi connectivity index (χ3n) is 6.95. The maximum atomic E-state index is 10.3. The van der Waals surface area contributed by atoms with Gasteiger partial charge in [0, 0.05) is 49.4 Å². The van der Waals surface area contributed by atoms with E-state index in [1.165, 1.54) is 12.4 Å². The molecule has 0 unspecified atom stereocenters. The van der Waals surface area contributed by atoms with Crippen molar-refractivity contribution in [2.45, 2.75) is 25.7 Å². The number of aromatic hydroxyl groups is 2. The van der Waals surface area contributed by atoms with Crippen LogP contribution < -0.4 is 9.47 Å². The van der Waals surface area contributed by atoms with E-state index in [1.54, 1.807) is 36.4 Å². The summed E-state index contributed by atoms with van der Waals surface area (Å²) < 4.78 is 22.3. The zero-order chi connectivity index (χ0) is 27.8. The average molecular weight is 555 g/mol. The molecule has 0 atom stereocenters. The Morgan fingerprint density at radius 2 is 1.07 bits per heavy atom.